The third kappa shape index (κ3) is 4.70. The number of nitrogens with zero attached hydrogens (tertiary/aromatic N) is 3. The van der Waals surface area contributed by atoms with E-state index in [2.05, 4.69) is 25.6 Å². The van der Waals surface area contributed by atoms with E-state index in [0.717, 1.165) is 18.3 Å². The van der Waals surface area contributed by atoms with Crippen LogP contribution in [0.15, 0.2) is 30.6 Å². The molecule has 2 aromatic heterocycles. The fourth-order valence-electron chi connectivity index (χ4n) is 1.73. The van der Waals surface area contributed by atoms with Gasteiger partial charge in [-0.25, -0.2) is 15.0 Å². The van der Waals surface area contributed by atoms with Crippen LogP contribution < -0.4 is 10.6 Å². The largest absolute Gasteiger partial charge is 0.433 e. The van der Waals surface area contributed by atoms with E-state index >= 15 is 0 Å². The van der Waals surface area contributed by atoms with Crippen molar-refractivity contribution in [3.05, 3.63) is 41.9 Å². The molecular weight excluding hydrogens is 340 g/mol. The molecule has 24 heavy (non-hydrogen) atoms. The van der Waals surface area contributed by atoms with Gasteiger partial charge in [0.25, 0.3) is 0 Å². The van der Waals surface area contributed by atoms with Crippen LogP contribution in [0.4, 0.5) is 38.1 Å². The first kappa shape index (κ1) is 17.8. The molecule has 0 aliphatic heterocycles. The number of hydrogen-bond donors (Lipinski definition) is 2. The highest BCUT2D eigenvalue weighted by atomic mass is 19.4. The van der Waals surface area contributed by atoms with E-state index in [9.17, 15) is 26.3 Å². The minimum absolute atomic E-state index is 0.00478. The molecule has 130 valence electrons. The summed E-state index contributed by atoms with van der Waals surface area (Å²) < 4.78 is 75.7. The molecule has 0 aliphatic carbocycles. The van der Waals surface area contributed by atoms with E-state index in [1.54, 1.807) is 0 Å². The Morgan fingerprint density at radius 3 is 2.21 bits per heavy atom. The van der Waals surface area contributed by atoms with Gasteiger partial charge in [0.15, 0.2) is 0 Å². The number of alkyl halides is 6. The highest BCUT2D eigenvalue weighted by Crippen LogP contribution is 2.33. The van der Waals surface area contributed by atoms with E-state index in [1.165, 1.54) is 6.20 Å². The molecule has 0 bridgehead atoms. The second-order valence-electron chi connectivity index (χ2n) is 4.51. The lowest BCUT2D eigenvalue weighted by atomic mass is 10.2. The average Bonchev–Trinajstić information content (AvgIpc) is 2.50. The fourth-order valence-corrected chi connectivity index (χ4v) is 1.73. The molecule has 2 aromatic rings. The lowest BCUT2D eigenvalue weighted by Gasteiger charge is -2.13. The standard InChI is InChI=1S/C13H11F6N5/c14-12(15,16)8-2-1-4-20-10(8)21-6-7-23-11-22-5-3-9(24-11)13(17,18)19/h1-5H,6-7H2,(H,20,21)(H,22,23,24). The molecule has 0 atom stereocenters. The summed E-state index contributed by atoms with van der Waals surface area (Å²) in [6.45, 7) is -0.0329. The van der Waals surface area contributed by atoms with Crippen LogP contribution in [0.2, 0.25) is 0 Å². The predicted octanol–water partition coefficient (Wildman–Crippen LogP) is 3.43. The van der Waals surface area contributed by atoms with Gasteiger partial charge in [0.05, 0.1) is 5.56 Å². The number of hydrogen-bond acceptors (Lipinski definition) is 5. The molecule has 2 N–H and O–H groups in total. The molecule has 0 fully saturated rings. The van der Waals surface area contributed by atoms with Crippen LogP contribution >= 0.6 is 0 Å². The SMILES string of the molecule is FC(F)(F)c1ccnc(NCCNc2ncccc2C(F)(F)F)n1. The van der Waals surface area contributed by atoms with Crippen molar-refractivity contribution in [2.24, 2.45) is 0 Å². The first-order chi connectivity index (χ1) is 11.2. The molecule has 0 saturated heterocycles. The zero-order chi connectivity index (χ0) is 17.8. The molecule has 0 radical (unpaired) electrons. The van der Waals surface area contributed by atoms with Crippen LogP contribution in [-0.2, 0) is 12.4 Å². The molecule has 0 aliphatic rings. The molecule has 0 unspecified atom stereocenters. The van der Waals surface area contributed by atoms with Crippen LogP contribution in [0.5, 0.6) is 0 Å². The van der Waals surface area contributed by atoms with Gasteiger partial charge in [-0.1, -0.05) is 0 Å². The molecule has 11 heteroatoms. The maximum atomic E-state index is 12.8. The van der Waals surface area contributed by atoms with Gasteiger partial charge >= 0.3 is 12.4 Å². The van der Waals surface area contributed by atoms with Crippen molar-refractivity contribution in [1.29, 1.82) is 0 Å². The molecule has 0 aromatic carbocycles. The third-order valence-electron chi connectivity index (χ3n) is 2.76. The second kappa shape index (κ2) is 6.89. The Kier molecular flexibility index (Phi) is 5.10. The van der Waals surface area contributed by atoms with Gasteiger partial charge < -0.3 is 10.6 Å². The van der Waals surface area contributed by atoms with Crippen molar-refractivity contribution >= 4 is 11.8 Å². The van der Waals surface area contributed by atoms with Gasteiger partial charge in [-0.05, 0) is 18.2 Å². The lowest BCUT2D eigenvalue weighted by Crippen LogP contribution is -2.19. The minimum atomic E-state index is -4.60. The Hall–Kier alpha value is -2.59. The number of rotatable bonds is 5. The molecular formula is C13H11F6N5. The molecule has 2 heterocycles. The Morgan fingerprint density at radius 2 is 1.54 bits per heavy atom. The summed E-state index contributed by atoms with van der Waals surface area (Å²) in [7, 11) is 0. The summed E-state index contributed by atoms with van der Waals surface area (Å²) in [5, 5.41) is 4.96. The normalized spacial score (nSPS) is 12.1. The average molecular weight is 351 g/mol. The predicted molar refractivity (Wildman–Crippen MR) is 73.3 cm³/mol. The smallest absolute Gasteiger partial charge is 0.368 e. The minimum Gasteiger partial charge on any atom is -0.368 e. The van der Waals surface area contributed by atoms with Crippen LogP contribution in [0.1, 0.15) is 11.3 Å². The van der Waals surface area contributed by atoms with E-state index in [0.29, 0.717) is 6.07 Å². The Morgan fingerprint density at radius 1 is 0.833 bits per heavy atom. The first-order valence-corrected chi connectivity index (χ1v) is 6.58. The highest BCUT2D eigenvalue weighted by Gasteiger charge is 2.34. The van der Waals surface area contributed by atoms with E-state index in [1.807, 2.05) is 0 Å². The maximum Gasteiger partial charge on any atom is 0.433 e. The topological polar surface area (TPSA) is 62.7 Å². The third-order valence-corrected chi connectivity index (χ3v) is 2.76. The van der Waals surface area contributed by atoms with Gasteiger partial charge in [0, 0.05) is 25.5 Å². The van der Waals surface area contributed by atoms with Gasteiger partial charge in [0.2, 0.25) is 5.95 Å². The van der Waals surface area contributed by atoms with Gasteiger partial charge in [-0.2, -0.15) is 26.3 Å². The van der Waals surface area contributed by atoms with Crippen molar-refractivity contribution in [2.75, 3.05) is 23.7 Å². The molecule has 0 amide bonds. The molecule has 0 spiro atoms. The zero-order valence-corrected chi connectivity index (χ0v) is 11.9. The second-order valence-corrected chi connectivity index (χ2v) is 4.51. The zero-order valence-electron chi connectivity index (χ0n) is 11.9. The van der Waals surface area contributed by atoms with Crippen LogP contribution in [0, 0.1) is 0 Å². The van der Waals surface area contributed by atoms with Crippen LogP contribution in [-0.4, -0.2) is 28.0 Å². The van der Waals surface area contributed by atoms with Gasteiger partial charge in [-0.15, -0.1) is 0 Å². The van der Waals surface area contributed by atoms with E-state index in [4.69, 9.17) is 0 Å². The number of nitrogens with one attached hydrogen (secondary N) is 2. The van der Waals surface area contributed by atoms with Crippen molar-refractivity contribution in [1.82, 2.24) is 15.0 Å². The monoisotopic (exact) mass is 351 g/mol. The molecule has 5 nitrogen and oxygen atoms in total. The van der Waals surface area contributed by atoms with Gasteiger partial charge in [0.1, 0.15) is 11.5 Å². The van der Waals surface area contributed by atoms with Crippen molar-refractivity contribution in [3.63, 3.8) is 0 Å². The molecule has 0 saturated carbocycles. The van der Waals surface area contributed by atoms with Gasteiger partial charge in [-0.3, -0.25) is 0 Å². The number of anilines is 2. The summed E-state index contributed by atoms with van der Waals surface area (Å²) in [6, 6.07) is 2.74. The van der Waals surface area contributed by atoms with Crippen LogP contribution in [0.25, 0.3) is 0 Å². The van der Waals surface area contributed by atoms with E-state index < -0.39 is 23.6 Å². The summed E-state index contributed by atoms with van der Waals surface area (Å²) in [5.41, 5.74) is -2.04. The van der Waals surface area contributed by atoms with Crippen LogP contribution in [0.3, 0.4) is 0 Å². The Balaban J connectivity index is 1.93. The number of halogens is 6. The lowest BCUT2D eigenvalue weighted by molar-refractivity contribution is -0.141. The Bertz CT molecular complexity index is 685. The number of aromatic nitrogens is 3. The summed E-state index contributed by atoms with van der Waals surface area (Å²) in [4.78, 5) is 10.5. The summed E-state index contributed by atoms with van der Waals surface area (Å²) in [6.07, 6.45) is -7.03. The number of pyridine rings is 1. The van der Waals surface area contributed by atoms with Crippen molar-refractivity contribution < 1.29 is 26.3 Å². The Labute approximate surface area is 132 Å². The summed E-state index contributed by atoms with van der Waals surface area (Å²) >= 11 is 0. The first-order valence-electron chi connectivity index (χ1n) is 6.58. The van der Waals surface area contributed by atoms with Crippen molar-refractivity contribution in [3.8, 4) is 0 Å². The summed E-state index contributed by atoms with van der Waals surface area (Å²) in [5.74, 6) is -0.638. The fraction of sp³-hybridized carbons (Fsp3) is 0.308. The van der Waals surface area contributed by atoms with Crippen molar-refractivity contribution in [2.45, 2.75) is 12.4 Å². The van der Waals surface area contributed by atoms with E-state index in [-0.39, 0.29) is 24.9 Å². The quantitative estimate of drug-likeness (QED) is 0.638. The highest BCUT2D eigenvalue weighted by molar-refractivity contribution is 5.45. The maximum absolute atomic E-state index is 12.8. The molecule has 2 rings (SSSR count).